The average molecular weight is 434 g/mol. The third-order valence-electron chi connectivity index (χ3n) is 4.82. The number of nitrogens with zero attached hydrogens (tertiary/aromatic N) is 2. The number of sulfonamides is 1. The van der Waals surface area contributed by atoms with Gasteiger partial charge in [0.25, 0.3) is 0 Å². The molecule has 3 rings (SSSR count). The summed E-state index contributed by atoms with van der Waals surface area (Å²) in [7, 11) is -0.740. The van der Waals surface area contributed by atoms with Gasteiger partial charge in [0.05, 0.1) is 19.1 Å². The predicted octanol–water partition coefficient (Wildman–Crippen LogP) is 2.39. The molecule has 0 spiro atoms. The molecule has 30 heavy (non-hydrogen) atoms. The summed E-state index contributed by atoms with van der Waals surface area (Å²) < 4.78 is 50.6. The third kappa shape index (κ3) is 4.63. The highest BCUT2D eigenvalue weighted by Gasteiger charge is 2.29. The highest BCUT2D eigenvalue weighted by atomic mass is 32.2. The van der Waals surface area contributed by atoms with Crippen molar-refractivity contribution in [2.75, 3.05) is 40.4 Å². The van der Waals surface area contributed by atoms with Gasteiger partial charge in [-0.3, -0.25) is 4.79 Å². The van der Waals surface area contributed by atoms with Crippen LogP contribution in [0.15, 0.2) is 53.4 Å². The number of benzene rings is 2. The quantitative estimate of drug-likeness (QED) is 0.653. The second-order valence-electron chi connectivity index (χ2n) is 6.60. The van der Waals surface area contributed by atoms with E-state index >= 15 is 0 Å². The summed E-state index contributed by atoms with van der Waals surface area (Å²) in [5.41, 5.74) is 0.692. The lowest BCUT2D eigenvalue weighted by Gasteiger charge is -2.33. The molecule has 160 valence electrons. The number of carbonyl (C=O) groups is 1. The van der Waals surface area contributed by atoms with Crippen LogP contribution in [0.25, 0.3) is 6.08 Å². The Balaban J connectivity index is 1.65. The summed E-state index contributed by atoms with van der Waals surface area (Å²) in [5, 5.41) is 0. The number of methoxy groups -OCH3 is 2. The fourth-order valence-corrected chi connectivity index (χ4v) is 4.69. The molecule has 9 heteroatoms. The summed E-state index contributed by atoms with van der Waals surface area (Å²) in [5.74, 6) is 0.240. The van der Waals surface area contributed by atoms with Crippen LogP contribution >= 0.6 is 0 Å². The van der Waals surface area contributed by atoms with E-state index in [4.69, 9.17) is 9.47 Å². The lowest BCUT2D eigenvalue weighted by Crippen LogP contribution is -2.50. The molecular weight excluding hydrogens is 411 g/mol. The Hall–Kier alpha value is -2.91. The zero-order valence-electron chi connectivity index (χ0n) is 16.7. The summed E-state index contributed by atoms with van der Waals surface area (Å²) in [6.45, 7) is 0.766. The first kappa shape index (κ1) is 21.8. The van der Waals surface area contributed by atoms with E-state index in [2.05, 4.69) is 0 Å². The van der Waals surface area contributed by atoms with E-state index in [-0.39, 0.29) is 37.0 Å². The van der Waals surface area contributed by atoms with Gasteiger partial charge in [-0.25, -0.2) is 12.8 Å². The van der Waals surface area contributed by atoms with Crippen molar-refractivity contribution in [1.82, 2.24) is 9.21 Å². The standard InChI is InChI=1S/C21H23FN2O5S/c1-28-19-8-3-5-16(21(19)29-2)9-10-20(25)23-11-13-24(14-12-23)30(26,27)18-7-4-6-17(22)15-18/h3-10,15H,11-14H2,1-2H3/b10-9+. The van der Waals surface area contributed by atoms with Gasteiger partial charge in [-0.05, 0) is 30.3 Å². The lowest BCUT2D eigenvalue weighted by atomic mass is 10.1. The Morgan fingerprint density at radius 3 is 2.37 bits per heavy atom. The number of piperazine rings is 1. The van der Waals surface area contributed by atoms with Gasteiger partial charge < -0.3 is 14.4 Å². The van der Waals surface area contributed by atoms with Crippen LogP contribution in [0.4, 0.5) is 4.39 Å². The van der Waals surface area contributed by atoms with Crippen LogP contribution in [0.3, 0.4) is 0 Å². The van der Waals surface area contributed by atoms with Crippen molar-refractivity contribution < 1.29 is 27.1 Å². The molecule has 0 aromatic heterocycles. The number of hydrogen-bond acceptors (Lipinski definition) is 5. The number of amides is 1. The van der Waals surface area contributed by atoms with Crippen LogP contribution in [-0.2, 0) is 14.8 Å². The minimum atomic E-state index is -3.80. The van der Waals surface area contributed by atoms with Crippen molar-refractivity contribution in [1.29, 1.82) is 0 Å². The molecule has 1 aliphatic heterocycles. The van der Waals surface area contributed by atoms with Crippen LogP contribution in [0.2, 0.25) is 0 Å². The fraction of sp³-hybridized carbons (Fsp3) is 0.286. The number of hydrogen-bond donors (Lipinski definition) is 0. The number of carbonyl (C=O) groups excluding carboxylic acids is 1. The molecule has 1 saturated heterocycles. The van der Waals surface area contributed by atoms with E-state index in [9.17, 15) is 17.6 Å². The molecule has 1 fully saturated rings. The van der Waals surface area contributed by atoms with E-state index in [1.54, 1.807) is 29.2 Å². The van der Waals surface area contributed by atoms with Crippen LogP contribution < -0.4 is 9.47 Å². The van der Waals surface area contributed by atoms with E-state index < -0.39 is 15.8 Å². The van der Waals surface area contributed by atoms with Crippen LogP contribution in [0.5, 0.6) is 11.5 Å². The molecule has 1 heterocycles. The van der Waals surface area contributed by atoms with E-state index in [1.165, 1.54) is 42.8 Å². The van der Waals surface area contributed by atoms with Crippen LogP contribution in [-0.4, -0.2) is 63.9 Å². The zero-order chi connectivity index (χ0) is 21.7. The Kier molecular flexibility index (Phi) is 6.73. The number of rotatable bonds is 6. The molecular formula is C21H23FN2O5S. The summed E-state index contributed by atoms with van der Waals surface area (Å²) in [4.78, 5) is 14.0. The summed E-state index contributed by atoms with van der Waals surface area (Å²) in [6.07, 6.45) is 3.06. The van der Waals surface area contributed by atoms with Gasteiger partial charge in [0.2, 0.25) is 15.9 Å². The molecule has 0 radical (unpaired) electrons. The number of para-hydroxylation sites is 1. The molecule has 7 nitrogen and oxygen atoms in total. The smallest absolute Gasteiger partial charge is 0.246 e. The van der Waals surface area contributed by atoms with Crippen molar-refractivity contribution in [2.24, 2.45) is 0 Å². The summed E-state index contributed by atoms with van der Waals surface area (Å²) >= 11 is 0. The summed E-state index contributed by atoms with van der Waals surface area (Å²) in [6, 6.07) is 10.3. The van der Waals surface area contributed by atoms with Crippen molar-refractivity contribution >= 4 is 22.0 Å². The third-order valence-corrected chi connectivity index (χ3v) is 6.72. The SMILES string of the molecule is COc1cccc(/C=C/C(=O)N2CCN(S(=O)(=O)c3cccc(F)c3)CC2)c1OC. The van der Waals surface area contributed by atoms with Gasteiger partial charge in [-0.15, -0.1) is 0 Å². The second kappa shape index (κ2) is 9.27. The van der Waals surface area contributed by atoms with Crippen LogP contribution in [0.1, 0.15) is 5.56 Å². The molecule has 0 saturated carbocycles. The molecule has 2 aromatic carbocycles. The van der Waals surface area contributed by atoms with Crippen molar-refractivity contribution in [3.8, 4) is 11.5 Å². The number of ether oxygens (including phenoxy) is 2. The molecule has 1 aliphatic rings. The first-order valence-electron chi connectivity index (χ1n) is 9.30. The molecule has 0 bridgehead atoms. The van der Waals surface area contributed by atoms with E-state index in [0.29, 0.717) is 17.1 Å². The number of halogens is 1. The van der Waals surface area contributed by atoms with Gasteiger partial charge >= 0.3 is 0 Å². The Labute approximate surface area is 175 Å². The maximum Gasteiger partial charge on any atom is 0.246 e. The largest absolute Gasteiger partial charge is 0.493 e. The van der Waals surface area contributed by atoms with Crippen molar-refractivity contribution in [3.63, 3.8) is 0 Å². The monoisotopic (exact) mass is 434 g/mol. The van der Waals surface area contributed by atoms with E-state index in [1.807, 2.05) is 0 Å². The lowest BCUT2D eigenvalue weighted by molar-refractivity contribution is -0.127. The average Bonchev–Trinajstić information content (AvgIpc) is 2.77. The van der Waals surface area contributed by atoms with E-state index in [0.717, 1.165) is 6.07 Å². The topological polar surface area (TPSA) is 76.2 Å². The molecule has 2 aromatic rings. The molecule has 0 atom stereocenters. The van der Waals surface area contributed by atoms with Gasteiger partial charge in [0, 0.05) is 37.8 Å². The second-order valence-corrected chi connectivity index (χ2v) is 8.54. The van der Waals surface area contributed by atoms with Gasteiger partial charge in [-0.2, -0.15) is 4.31 Å². The highest BCUT2D eigenvalue weighted by Crippen LogP contribution is 2.31. The molecule has 1 amide bonds. The Bertz CT molecular complexity index is 1050. The molecule has 0 aliphatic carbocycles. The minimum absolute atomic E-state index is 0.0905. The first-order chi connectivity index (χ1) is 14.4. The van der Waals surface area contributed by atoms with Crippen molar-refractivity contribution in [3.05, 3.63) is 59.9 Å². The molecule has 0 unspecified atom stereocenters. The van der Waals surface area contributed by atoms with Gasteiger partial charge in [-0.1, -0.05) is 18.2 Å². The Morgan fingerprint density at radius 1 is 1.03 bits per heavy atom. The fourth-order valence-electron chi connectivity index (χ4n) is 3.24. The maximum atomic E-state index is 13.4. The van der Waals surface area contributed by atoms with Crippen molar-refractivity contribution in [2.45, 2.75) is 4.90 Å². The minimum Gasteiger partial charge on any atom is -0.493 e. The maximum absolute atomic E-state index is 13.4. The predicted molar refractivity (Wildman–Crippen MR) is 110 cm³/mol. The first-order valence-corrected chi connectivity index (χ1v) is 10.7. The zero-order valence-corrected chi connectivity index (χ0v) is 17.6. The highest BCUT2D eigenvalue weighted by molar-refractivity contribution is 7.89. The van der Waals surface area contributed by atoms with Gasteiger partial charge in [0.1, 0.15) is 5.82 Å². The molecule has 0 N–H and O–H groups in total. The normalized spacial score (nSPS) is 15.4. The van der Waals surface area contributed by atoms with Crippen LogP contribution in [0, 0.1) is 5.82 Å². The van der Waals surface area contributed by atoms with Gasteiger partial charge in [0.15, 0.2) is 11.5 Å². The Morgan fingerprint density at radius 2 is 1.73 bits per heavy atom.